The number of halogens is 1. The van der Waals surface area contributed by atoms with Crippen LogP contribution in [-0.2, 0) is 0 Å². The Morgan fingerprint density at radius 2 is 2.43 bits per heavy atom. The molecule has 1 atom stereocenters. The number of aliphatic hydroxyl groups excluding tert-OH is 1. The molecule has 0 spiro atoms. The van der Waals surface area contributed by atoms with Gasteiger partial charge in [0.2, 0.25) is 5.28 Å². The molecule has 2 N–H and O–H groups in total. The van der Waals surface area contributed by atoms with E-state index in [4.69, 9.17) is 16.7 Å². The highest BCUT2D eigenvalue weighted by Gasteiger charge is 1.97. The summed E-state index contributed by atoms with van der Waals surface area (Å²) in [6.07, 6.45) is 3.04. The van der Waals surface area contributed by atoms with Crippen LogP contribution in [0.15, 0.2) is 12.3 Å². The molecule has 1 aromatic heterocycles. The minimum absolute atomic E-state index is 0.241. The largest absolute Gasteiger partial charge is 0.393 e. The lowest BCUT2D eigenvalue weighted by atomic mass is 10.2. The van der Waals surface area contributed by atoms with E-state index >= 15 is 0 Å². The van der Waals surface area contributed by atoms with Crippen LogP contribution in [0.2, 0.25) is 5.28 Å². The molecule has 4 nitrogen and oxygen atoms in total. The fourth-order valence-electron chi connectivity index (χ4n) is 1.05. The van der Waals surface area contributed by atoms with Gasteiger partial charge in [0.1, 0.15) is 5.82 Å². The molecule has 1 aromatic rings. The van der Waals surface area contributed by atoms with E-state index in [0.29, 0.717) is 0 Å². The lowest BCUT2D eigenvalue weighted by Crippen LogP contribution is -2.07. The first-order valence-electron chi connectivity index (χ1n) is 4.59. The van der Waals surface area contributed by atoms with Crippen LogP contribution in [-0.4, -0.2) is 27.7 Å². The van der Waals surface area contributed by atoms with E-state index in [0.717, 1.165) is 25.2 Å². The molecule has 78 valence electrons. The third-order valence-corrected chi connectivity index (χ3v) is 1.91. The standard InChI is InChI=1S/C9H14ClN3O/c1-7(14)3-2-5-11-8-4-6-12-9(10)13-8/h4,6-7,14H,2-3,5H2,1H3,(H,11,12,13). The van der Waals surface area contributed by atoms with E-state index in [9.17, 15) is 0 Å². The molecule has 0 saturated heterocycles. The van der Waals surface area contributed by atoms with E-state index < -0.39 is 0 Å². The molecule has 1 heterocycles. The van der Waals surface area contributed by atoms with E-state index in [2.05, 4.69) is 15.3 Å². The summed E-state index contributed by atoms with van der Waals surface area (Å²) < 4.78 is 0. The first kappa shape index (κ1) is 11.2. The van der Waals surface area contributed by atoms with Gasteiger partial charge in [0.15, 0.2) is 0 Å². The van der Waals surface area contributed by atoms with Crippen molar-refractivity contribution < 1.29 is 5.11 Å². The van der Waals surface area contributed by atoms with Gasteiger partial charge in [0, 0.05) is 12.7 Å². The fourth-order valence-corrected chi connectivity index (χ4v) is 1.19. The molecule has 1 unspecified atom stereocenters. The second kappa shape index (κ2) is 5.78. The number of rotatable bonds is 5. The summed E-state index contributed by atoms with van der Waals surface area (Å²) in [5, 5.41) is 12.4. The average Bonchev–Trinajstić information content (AvgIpc) is 2.12. The van der Waals surface area contributed by atoms with Crippen LogP contribution in [0.3, 0.4) is 0 Å². The number of aliphatic hydroxyl groups is 1. The zero-order valence-electron chi connectivity index (χ0n) is 8.07. The molecule has 0 bridgehead atoms. The number of nitrogens with one attached hydrogen (secondary N) is 1. The second-order valence-electron chi connectivity index (χ2n) is 3.13. The molecular weight excluding hydrogens is 202 g/mol. The highest BCUT2D eigenvalue weighted by molar-refractivity contribution is 6.28. The number of hydrogen-bond donors (Lipinski definition) is 2. The first-order chi connectivity index (χ1) is 6.68. The van der Waals surface area contributed by atoms with Crippen LogP contribution in [0, 0.1) is 0 Å². The molecular formula is C9H14ClN3O. The van der Waals surface area contributed by atoms with Crippen LogP contribution in [0.1, 0.15) is 19.8 Å². The fraction of sp³-hybridized carbons (Fsp3) is 0.556. The Morgan fingerprint density at radius 1 is 1.64 bits per heavy atom. The Bertz CT molecular complexity index is 281. The number of aromatic nitrogens is 2. The van der Waals surface area contributed by atoms with Crippen molar-refractivity contribution in [1.29, 1.82) is 0 Å². The van der Waals surface area contributed by atoms with E-state index in [1.807, 2.05) is 0 Å². The molecule has 5 heteroatoms. The van der Waals surface area contributed by atoms with Crippen molar-refractivity contribution in [3.8, 4) is 0 Å². The lowest BCUT2D eigenvalue weighted by Gasteiger charge is -2.06. The molecule has 0 amide bonds. The van der Waals surface area contributed by atoms with Gasteiger partial charge in [0.05, 0.1) is 6.10 Å². The minimum Gasteiger partial charge on any atom is -0.393 e. The Balaban J connectivity index is 2.25. The van der Waals surface area contributed by atoms with Gasteiger partial charge in [0.25, 0.3) is 0 Å². The average molecular weight is 216 g/mol. The molecule has 0 fully saturated rings. The summed E-state index contributed by atoms with van der Waals surface area (Å²) in [5.74, 6) is 0.718. The van der Waals surface area contributed by atoms with Crippen molar-refractivity contribution in [2.24, 2.45) is 0 Å². The van der Waals surface area contributed by atoms with Crippen molar-refractivity contribution in [1.82, 2.24) is 9.97 Å². The minimum atomic E-state index is -0.245. The van der Waals surface area contributed by atoms with Gasteiger partial charge in [-0.3, -0.25) is 0 Å². The van der Waals surface area contributed by atoms with Crippen LogP contribution >= 0.6 is 11.6 Å². The summed E-state index contributed by atoms with van der Waals surface area (Å²) in [7, 11) is 0. The van der Waals surface area contributed by atoms with Crippen molar-refractivity contribution >= 4 is 17.4 Å². The van der Waals surface area contributed by atoms with Gasteiger partial charge in [-0.15, -0.1) is 0 Å². The molecule has 0 aromatic carbocycles. The SMILES string of the molecule is CC(O)CCCNc1ccnc(Cl)n1. The smallest absolute Gasteiger partial charge is 0.224 e. The highest BCUT2D eigenvalue weighted by Crippen LogP contribution is 2.06. The van der Waals surface area contributed by atoms with Crippen molar-refractivity contribution in [3.05, 3.63) is 17.5 Å². The maximum Gasteiger partial charge on any atom is 0.224 e. The summed E-state index contributed by atoms with van der Waals surface area (Å²) in [5.41, 5.74) is 0. The van der Waals surface area contributed by atoms with Gasteiger partial charge in [-0.1, -0.05) is 0 Å². The third kappa shape index (κ3) is 4.39. The second-order valence-corrected chi connectivity index (χ2v) is 3.47. The first-order valence-corrected chi connectivity index (χ1v) is 4.97. The predicted molar refractivity (Wildman–Crippen MR) is 56.4 cm³/mol. The van der Waals surface area contributed by atoms with E-state index in [-0.39, 0.29) is 11.4 Å². The predicted octanol–water partition coefficient (Wildman–Crippen LogP) is 1.70. The third-order valence-electron chi connectivity index (χ3n) is 1.73. The zero-order chi connectivity index (χ0) is 10.4. The maximum atomic E-state index is 9.02. The maximum absolute atomic E-state index is 9.02. The van der Waals surface area contributed by atoms with Gasteiger partial charge < -0.3 is 10.4 Å². The van der Waals surface area contributed by atoms with Crippen molar-refractivity contribution in [3.63, 3.8) is 0 Å². The topological polar surface area (TPSA) is 58.0 Å². The number of nitrogens with zero attached hydrogens (tertiary/aromatic N) is 2. The van der Waals surface area contributed by atoms with Gasteiger partial charge in [-0.05, 0) is 37.4 Å². The monoisotopic (exact) mass is 215 g/mol. The Kier molecular flexibility index (Phi) is 4.62. The van der Waals surface area contributed by atoms with Crippen LogP contribution < -0.4 is 5.32 Å². The lowest BCUT2D eigenvalue weighted by molar-refractivity contribution is 0.183. The highest BCUT2D eigenvalue weighted by atomic mass is 35.5. The zero-order valence-corrected chi connectivity index (χ0v) is 8.83. The van der Waals surface area contributed by atoms with Gasteiger partial charge >= 0.3 is 0 Å². The van der Waals surface area contributed by atoms with Gasteiger partial charge in [-0.25, -0.2) is 9.97 Å². The quantitative estimate of drug-likeness (QED) is 0.580. The molecule has 0 saturated carbocycles. The number of hydrogen-bond acceptors (Lipinski definition) is 4. The molecule has 0 aliphatic carbocycles. The van der Waals surface area contributed by atoms with Crippen LogP contribution in [0.5, 0.6) is 0 Å². The summed E-state index contributed by atoms with van der Waals surface area (Å²) in [6.45, 7) is 2.56. The molecule has 0 radical (unpaired) electrons. The summed E-state index contributed by atoms with van der Waals surface area (Å²) >= 11 is 5.61. The molecule has 0 aliphatic heterocycles. The molecule has 14 heavy (non-hydrogen) atoms. The Morgan fingerprint density at radius 3 is 3.07 bits per heavy atom. The van der Waals surface area contributed by atoms with Crippen LogP contribution in [0.4, 0.5) is 5.82 Å². The van der Waals surface area contributed by atoms with Crippen molar-refractivity contribution in [2.45, 2.75) is 25.9 Å². The van der Waals surface area contributed by atoms with Gasteiger partial charge in [-0.2, -0.15) is 0 Å². The number of anilines is 1. The summed E-state index contributed by atoms with van der Waals surface area (Å²) in [4.78, 5) is 7.74. The Labute approximate surface area is 88.3 Å². The molecule has 0 aliphatic rings. The molecule has 1 rings (SSSR count). The Hall–Kier alpha value is -0.870. The summed E-state index contributed by atoms with van der Waals surface area (Å²) in [6, 6.07) is 1.76. The van der Waals surface area contributed by atoms with Crippen LogP contribution in [0.25, 0.3) is 0 Å². The van der Waals surface area contributed by atoms with Crippen molar-refractivity contribution in [2.75, 3.05) is 11.9 Å². The van der Waals surface area contributed by atoms with E-state index in [1.165, 1.54) is 0 Å². The normalized spacial score (nSPS) is 12.5. The van der Waals surface area contributed by atoms with E-state index in [1.54, 1.807) is 19.2 Å².